The number of hydrogen-bond donors (Lipinski definition) is 1. The molecule has 0 aliphatic rings. The fourth-order valence-corrected chi connectivity index (χ4v) is 3.33. The van der Waals surface area contributed by atoms with Gasteiger partial charge in [0.2, 0.25) is 0 Å². The number of carboxylic acid groups (broad SMARTS) is 1. The maximum atomic E-state index is 13.9. The van der Waals surface area contributed by atoms with Crippen molar-refractivity contribution in [2.24, 2.45) is 5.16 Å². The summed E-state index contributed by atoms with van der Waals surface area (Å²) in [5, 5.41) is 12.9. The Morgan fingerprint density at radius 2 is 1.76 bits per heavy atom. The third-order valence-electron chi connectivity index (χ3n) is 5.13. The van der Waals surface area contributed by atoms with Crippen LogP contribution in [0.2, 0.25) is 0 Å². The van der Waals surface area contributed by atoms with Crippen LogP contribution in [0.1, 0.15) is 39.5 Å². The van der Waals surface area contributed by atoms with Crippen LogP contribution in [0, 0.1) is 18.6 Å². The van der Waals surface area contributed by atoms with Gasteiger partial charge in [0.25, 0.3) is 0 Å². The number of aromatic carboxylic acids is 1. The first-order valence-corrected chi connectivity index (χ1v) is 10.0. The van der Waals surface area contributed by atoms with E-state index in [0.29, 0.717) is 23.4 Å². The molecule has 0 unspecified atom stereocenters. The average molecular weight is 451 g/mol. The van der Waals surface area contributed by atoms with Crippen LogP contribution in [-0.2, 0) is 16.2 Å². The number of nitrogens with zero attached hydrogens (tertiary/aromatic N) is 1. The molecule has 5 nitrogen and oxygen atoms in total. The normalized spacial score (nSPS) is 11.4. The lowest BCUT2D eigenvalue weighted by Gasteiger charge is -2.14. The summed E-state index contributed by atoms with van der Waals surface area (Å²) in [7, 11) is 1.57. The van der Waals surface area contributed by atoms with E-state index in [1.807, 2.05) is 19.1 Å². The lowest BCUT2D eigenvalue weighted by Crippen LogP contribution is -2.04. The van der Waals surface area contributed by atoms with Gasteiger partial charge in [-0.3, -0.25) is 0 Å². The Morgan fingerprint density at radius 1 is 1.03 bits per heavy atom. The second kappa shape index (κ2) is 10.2. The fraction of sp³-hybridized carbons (Fsp3) is 0.154. The van der Waals surface area contributed by atoms with Crippen LogP contribution < -0.4 is 0 Å². The van der Waals surface area contributed by atoms with Gasteiger partial charge in [0.1, 0.15) is 11.6 Å². The monoisotopic (exact) mass is 451 g/mol. The Morgan fingerprint density at radius 3 is 2.42 bits per heavy atom. The zero-order valence-electron chi connectivity index (χ0n) is 18.5. The summed E-state index contributed by atoms with van der Waals surface area (Å²) in [5.41, 5.74) is 4.29. The molecule has 0 fully saturated rings. The zero-order valence-corrected chi connectivity index (χ0v) is 18.5. The van der Waals surface area contributed by atoms with Gasteiger partial charge in [-0.05, 0) is 66.4 Å². The van der Waals surface area contributed by atoms with Crippen LogP contribution in [0.25, 0.3) is 16.9 Å². The molecule has 0 spiro atoms. The number of ether oxygens (including phenoxy) is 1. The summed E-state index contributed by atoms with van der Waals surface area (Å²) in [6.07, 6.45) is 0. The van der Waals surface area contributed by atoms with Crippen molar-refractivity contribution in [1.29, 1.82) is 0 Å². The van der Waals surface area contributed by atoms with Crippen LogP contribution in [0.5, 0.6) is 0 Å². The van der Waals surface area contributed by atoms with Crippen molar-refractivity contribution in [3.63, 3.8) is 0 Å². The Hall–Kier alpha value is -3.84. The van der Waals surface area contributed by atoms with E-state index in [0.717, 1.165) is 28.3 Å². The van der Waals surface area contributed by atoms with Crippen molar-refractivity contribution in [2.45, 2.75) is 20.5 Å². The maximum absolute atomic E-state index is 13.9. The van der Waals surface area contributed by atoms with Crippen molar-refractivity contribution in [2.75, 3.05) is 7.11 Å². The van der Waals surface area contributed by atoms with Gasteiger partial charge in [0.15, 0.2) is 5.76 Å². The molecule has 3 aromatic rings. The molecule has 0 aromatic heterocycles. The number of methoxy groups -OCH3 is 1. The van der Waals surface area contributed by atoms with E-state index in [9.17, 15) is 13.6 Å². The molecule has 0 aliphatic carbocycles. The fourth-order valence-electron chi connectivity index (χ4n) is 3.33. The SMILES string of the molecule is C=C(O/N=C(\C)c1ccc(C(=O)O)c(F)c1)c1ccc(-c2cc(F)ccc2C)c(COC)c1. The minimum atomic E-state index is -1.35. The molecule has 0 saturated carbocycles. The molecule has 0 atom stereocenters. The van der Waals surface area contributed by atoms with Crippen LogP contribution in [-0.4, -0.2) is 23.9 Å². The second-order valence-electron chi connectivity index (χ2n) is 7.46. The number of carboxylic acids is 1. The van der Waals surface area contributed by atoms with Crippen LogP contribution in [0.4, 0.5) is 8.78 Å². The zero-order chi connectivity index (χ0) is 24.1. The molecular formula is C26H23F2NO4. The molecule has 1 N–H and O–H groups in total. The number of rotatable bonds is 8. The number of carbonyl (C=O) groups is 1. The summed E-state index contributed by atoms with van der Waals surface area (Å²) >= 11 is 0. The molecule has 170 valence electrons. The summed E-state index contributed by atoms with van der Waals surface area (Å²) in [6, 6.07) is 13.8. The lowest BCUT2D eigenvalue weighted by molar-refractivity contribution is 0.0692. The van der Waals surface area contributed by atoms with Crippen LogP contribution in [0.15, 0.2) is 66.3 Å². The molecule has 0 heterocycles. The van der Waals surface area contributed by atoms with Gasteiger partial charge in [0, 0.05) is 18.2 Å². The Balaban J connectivity index is 1.85. The van der Waals surface area contributed by atoms with Gasteiger partial charge in [-0.2, -0.15) is 0 Å². The highest BCUT2D eigenvalue weighted by Crippen LogP contribution is 2.31. The molecule has 0 bridgehead atoms. The third-order valence-corrected chi connectivity index (χ3v) is 5.13. The summed E-state index contributed by atoms with van der Waals surface area (Å²) < 4.78 is 33.1. The minimum Gasteiger partial charge on any atom is -0.478 e. The molecule has 3 aromatic carbocycles. The minimum absolute atomic E-state index is 0.247. The number of halogens is 2. The van der Waals surface area contributed by atoms with Gasteiger partial charge in [-0.1, -0.05) is 36.0 Å². The highest BCUT2D eigenvalue weighted by molar-refractivity contribution is 5.99. The smallest absolute Gasteiger partial charge is 0.338 e. The third kappa shape index (κ3) is 5.51. The lowest BCUT2D eigenvalue weighted by atomic mass is 9.94. The number of oxime groups is 1. The van der Waals surface area contributed by atoms with E-state index >= 15 is 0 Å². The van der Waals surface area contributed by atoms with Crippen molar-refractivity contribution in [1.82, 2.24) is 0 Å². The molecule has 0 saturated heterocycles. The number of benzene rings is 3. The van der Waals surface area contributed by atoms with Gasteiger partial charge in [0.05, 0.1) is 17.9 Å². The molecule has 33 heavy (non-hydrogen) atoms. The second-order valence-corrected chi connectivity index (χ2v) is 7.46. The van der Waals surface area contributed by atoms with Crippen LogP contribution in [0.3, 0.4) is 0 Å². The molecular weight excluding hydrogens is 428 g/mol. The van der Waals surface area contributed by atoms with E-state index in [2.05, 4.69) is 11.7 Å². The summed E-state index contributed by atoms with van der Waals surface area (Å²) in [6.45, 7) is 7.71. The predicted octanol–water partition coefficient (Wildman–Crippen LogP) is 6.20. The quantitative estimate of drug-likeness (QED) is 0.252. The molecule has 0 radical (unpaired) electrons. The van der Waals surface area contributed by atoms with Crippen molar-refractivity contribution in [3.8, 4) is 11.1 Å². The number of hydrogen-bond acceptors (Lipinski definition) is 4. The van der Waals surface area contributed by atoms with Crippen molar-refractivity contribution in [3.05, 3.63) is 101 Å². The first-order valence-electron chi connectivity index (χ1n) is 10.0. The highest BCUT2D eigenvalue weighted by atomic mass is 19.1. The van der Waals surface area contributed by atoms with E-state index < -0.39 is 17.3 Å². The summed E-state index contributed by atoms with van der Waals surface area (Å²) in [4.78, 5) is 16.4. The van der Waals surface area contributed by atoms with E-state index in [4.69, 9.17) is 14.7 Å². The van der Waals surface area contributed by atoms with Gasteiger partial charge in [-0.25, -0.2) is 13.6 Å². The highest BCUT2D eigenvalue weighted by Gasteiger charge is 2.14. The van der Waals surface area contributed by atoms with Crippen molar-refractivity contribution >= 4 is 17.4 Å². The molecule has 0 amide bonds. The Kier molecular flexibility index (Phi) is 7.35. The van der Waals surface area contributed by atoms with E-state index in [1.54, 1.807) is 26.2 Å². The standard InChI is InChI=1S/C26H23F2NO4/c1-15-5-8-21(27)13-24(15)22-9-7-19(11-20(22)14-32-4)17(3)33-29-16(2)18-6-10-23(26(30)31)25(28)12-18/h5-13H,3,14H2,1-2,4H3,(H,30,31)/b29-16+. The molecule has 7 heteroatoms. The molecule has 3 rings (SSSR count). The van der Waals surface area contributed by atoms with Gasteiger partial charge >= 0.3 is 5.97 Å². The first kappa shape index (κ1) is 23.8. The topological polar surface area (TPSA) is 68.1 Å². The Bertz CT molecular complexity index is 1250. The molecule has 0 aliphatic heterocycles. The Labute approximate surface area is 190 Å². The van der Waals surface area contributed by atoms with E-state index in [1.165, 1.54) is 24.3 Å². The average Bonchev–Trinajstić information content (AvgIpc) is 2.78. The van der Waals surface area contributed by atoms with Crippen molar-refractivity contribution < 1.29 is 28.3 Å². The van der Waals surface area contributed by atoms with Crippen LogP contribution >= 0.6 is 0 Å². The largest absolute Gasteiger partial charge is 0.478 e. The van der Waals surface area contributed by atoms with Gasteiger partial charge < -0.3 is 14.7 Å². The summed E-state index contributed by atoms with van der Waals surface area (Å²) in [5.74, 6) is -2.28. The first-order chi connectivity index (χ1) is 15.7. The van der Waals surface area contributed by atoms with Gasteiger partial charge in [-0.15, -0.1) is 0 Å². The predicted molar refractivity (Wildman–Crippen MR) is 123 cm³/mol. The maximum Gasteiger partial charge on any atom is 0.338 e. The van der Waals surface area contributed by atoms with E-state index in [-0.39, 0.29) is 11.6 Å². The number of aryl methyl sites for hydroxylation is 1.